The number of benzene rings is 1. The summed E-state index contributed by atoms with van der Waals surface area (Å²) >= 11 is 5.99. The van der Waals surface area contributed by atoms with Gasteiger partial charge in [-0.2, -0.15) is 0 Å². The number of amides is 1. The molecule has 1 unspecified atom stereocenters. The third-order valence-electron chi connectivity index (χ3n) is 5.46. The Morgan fingerprint density at radius 3 is 2.41 bits per heavy atom. The molecule has 1 amide bonds. The molecule has 2 rings (SSSR count). The summed E-state index contributed by atoms with van der Waals surface area (Å²) in [6.07, 6.45) is 7.35. The van der Waals surface area contributed by atoms with E-state index in [0.717, 1.165) is 30.9 Å². The fourth-order valence-electron chi connectivity index (χ4n) is 3.69. The number of rotatable bonds is 15. The number of nitrogens with zero attached hydrogens (tertiary/aromatic N) is 1. The zero-order valence-corrected chi connectivity index (χ0v) is 20.8. The third-order valence-corrected chi connectivity index (χ3v) is 5.69. The van der Waals surface area contributed by atoms with Crippen LogP contribution in [-0.2, 0) is 6.61 Å². The highest BCUT2D eigenvalue weighted by Gasteiger charge is 2.16. The zero-order chi connectivity index (χ0) is 23.3. The predicted octanol–water partition coefficient (Wildman–Crippen LogP) is 6.62. The molecule has 1 N–H and O–H groups in total. The van der Waals surface area contributed by atoms with Gasteiger partial charge in [0.1, 0.15) is 18.1 Å². The fraction of sp³-hybridized carbons (Fsp3) is 0.577. The van der Waals surface area contributed by atoms with Gasteiger partial charge < -0.3 is 19.4 Å². The van der Waals surface area contributed by atoms with Crippen molar-refractivity contribution in [2.45, 2.75) is 78.9 Å². The van der Waals surface area contributed by atoms with E-state index in [1.807, 2.05) is 19.1 Å². The zero-order valence-electron chi connectivity index (χ0n) is 20.1. The van der Waals surface area contributed by atoms with E-state index in [1.165, 1.54) is 38.5 Å². The molecule has 0 aliphatic carbocycles. The first-order valence-electron chi connectivity index (χ1n) is 11.9. The number of furan rings is 1. The molecule has 0 spiro atoms. The molecule has 0 saturated heterocycles. The van der Waals surface area contributed by atoms with Crippen molar-refractivity contribution in [3.63, 3.8) is 0 Å². The molecule has 0 fully saturated rings. The highest BCUT2D eigenvalue weighted by molar-refractivity contribution is 6.30. The van der Waals surface area contributed by atoms with Crippen molar-refractivity contribution in [2.24, 2.45) is 0 Å². The van der Waals surface area contributed by atoms with Crippen LogP contribution in [0, 0.1) is 6.92 Å². The van der Waals surface area contributed by atoms with Crippen LogP contribution in [0.15, 0.2) is 34.7 Å². The van der Waals surface area contributed by atoms with Gasteiger partial charge in [-0.05, 0) is 75.7 Å². The van der Waals surface area contributed by atoms with Crippen LogP contribution in [0.2, 0.25) is 5.02 Å². The summed E-state index contributed by atoms with van der Waals surface area (Å²) in [5.74, 6) is 1.48. The first-order valence-corrected chi connectivity index (χ1v) is 12.3. The molecule has 0 radical (unpaired) electrons. The van der Waals surface area contributed by atoms with E-state index in [1.54, 1.807) is 18.2 Å². The van der Waals surface area contributed by atoms with Crippen LogP contribution in [0.5, 0.6) is 5.75 Å². The van der Waals surface area contributed by atoms with Gasteiger partial charge in [0, 0.05) is 17.6 Å². The normalized spacial score (nSPS) is 12.2. The molecule has 2 aromatic rings. The third kappa shape index (κ3) is 9.25. The molecule has 1 heterocycles. The maximum absolute atomic E-state index is 12.7. The van der Waals surface area contributed by atoms with Gasteiger partial charge in [-0.3, -0.25) is 4.79 Å². The molecule has 178 valence electrons. The summed E-state index contributed by atoms with van der Waals surface area (Å²) in [7, 11) is 0. The molecular formula is C26H39ClN2O3. The first kappa shape index (κ1) is 26.3. The highest BCUT2D eigenvalue weighted by atomic mass is 35.5. The Hall–Kier alpha value is -1.98. The number of unbranched alkanes of at least 4 members (excludes halogenated alkanes) is 4. The number of nitrogens with one attached hydrogen (secondary N) is 1. The Bertz CT molecular complexity index is 811. The summed E-state index contributed by atoms with van der Waals surface area (Å²) in [6.45, 7) is 11.7. The quantitative estimate of drug-likeness (QED) is 0.302. The summed E-state index contributed by atoms with van der Waals surface area (Å²) in [5.41, 5.74) is 0.957. The van der Waals surface area contributed by atoms with Crippen molar-refractivity contribution in [2.75, 3.05) is 19.6 Å². The SMILES string of the molecule is CCCCCN(CCCCC)CC(C)NC(=O)c1ccc(COc2ccc(Cl)cc2C)o1. The van der Waals surface area contributed by atoms with Gasteiger partial charge >= 0.3 is 0 Å². The molecule has 6 heteroatoms. The van der Waals surface area contributed by atoms with Crippen LogP contribution in [0.25, 0.3) is 0 Å². The second kappa shape index (κ2) is 14.2. The summed E-state index contributed by atoms with van der Waals surface area (Å²) in [4.78, 5) is 15.1. The lowest BCUT2D eigenvalue weighted by atomic mass is 10.2. The summed E-state index contributed by atoms with van der Waals surface area (Å²) in [6, 6.07) is 9.02. The first-order chi connectivity index (χ1) is 15.4. The van der Waals surface area contributed by atoms with Crippen LogP contribution in [-0.4, -0.2) is 36.5 Å². The van der Waals surface area contributed by atoms with Gasteiger partial charge in [0.2, 0.25) is 0 Å². The van der Waals surface area contributed by atoms with Crippen molar-refractivity contribution in [3.05, 3.63) is 52.4 Å². The topological polar surface area (TPSA) is 54.7 Å². The average molecular weight is 463 g/mol. The van der Waals surface area contributed by atoms with Gasteiger partial charge in [0.25, 0.3) is 5.91 Å². The maximum Gasteiger partial charge on any atom is 0.287 e. The van der Waals surface area contributed by atoms with E-state index in [9.17, 15) is 4.79 Å². The molecule has 32 heavy (non-hydrogen) atoms. The Morgan fingerprint density at radius 2 is 1.78 bits per heavy atom. The van der Waals surface area contributed by atoms with Crippen LogP contribution >= 0.6 is 11.6 Å². The molecule has 0 aliphatic heterocycles. The number of hydrogen-bond acceptors (Lipinski definition) is 4. The van der Waals surface area contributed by atoms with Crippen molar-refractivity contribution in [3.8, 4) is 5.75 Å². The minimum atomic E-state index is -0.187. The smallest absolute Gasteiger partial charge is 0.287 e. The molecule has 5 nitrogen and oxygen atoms in total. The van der Waals surface area contributed by atoms with Gasteiger partial charge in [-0.15, -0.1) is 0 Å². The van der Waals surface area contributed by atoms with E-state index in [-0.39, 0.29) is 18.6 Å². The summed E-state index contributed by atoms with van der Waals surface area (Å²) < 4.78 is 11.5. The Labute approximate surface area is 198 Å². The van der Waals surface area contributed by atoms with Crippen LogP contribution in [0.3, 0.4) is 0 Å². The van der Waals surface area contributed by atoms with Crippen molar-refractivity contribution < 1.29 is 13.9 Å². The monoisotopic (exact) mass is 462 g/mol. The number of carbonyl (C=O) groups excluding carboxylic acids is 1. The molecule has 0 saturated carbocycles. The maximum atomic E-state index is 12.7. The van der Waals surface area contributed by atoms with Crippen LogP contribution in [0.1, 0.15) is 81.2 Å². The minimum Gasteiger partial charge on any atom is -0.485 e. The lowest BCUT2D eigenvalue weighted by Gasteiger charge is -2.26. The van der Waals surface area contributed by atoms with E-state index in [0.29, 0.717) is 16.5 Å². The van der Waals surface area contributed by atoms with Gasteiger partial charge in [-0.1, -0.05) is 51.1 Å². The van der Waals surface area contributed by atoms with Gasteiger partial charge in [0.15, 0.2) is 5.76 Å². The molecule has 0 bridgehead atoms. The number of aryl methyl sites for hydroxylation is 1. The van der Waals surface area contributed by atoms with Crippen molar-refractivity contribution >= 4 is 17.5 Å². The van der Waals surface area contributed by atoms with Crippen LogP contribution < -0.4 is 10.1 Å². The Balaban J connectivity index is 1.84. The number of hydrogen-bond donors (Lipinski definition) is 1. The fourth-order valence-corrected chi connectivity index (χ4v) is 3.92. The van der Waals surface area contributed by atoms with E-state index >= 15 is 0 Å². The van der Waals surface area contributed by atoms with Crippen molar-refractivity contribution in [1.29, 1.82) is 0 Å². The standard InChI is InChI=1S/C26H39ClN2O3/c1-5-7-9-15-29(16-10-8-6-2)18-21(4)28-26(30)25-14-12-23(32-25)19-31-24-13-11-22(27)17-20(24)3/h11-14,17,21H,5-10,15-16,18-19H2,1-4H3,(H,28,30). The minimum absolute atomic E-state index is 0.0484. The average Bonchev–Trinajstić information content (AvgIpc) is 3.22. The number of ether oxygens (including phenoxy) is 1. The van der Waals surface area contributed by atoms with E-state index in [4.69, 9.17) is 20.8 Å². The Morgan fingerprint density at radius 1 is 1.09 bits per heavy atom. The van der Waals surface area contributed by atoms with E-state index in [2.05, 4.69) is 31.0 Å². The second-order valence-electron chi connectivity index (χ2n) is 8.55. The van der Waals surface area contributed by atoms with Gasteiger partial charge in [-0.25, -0.2) is 0 Å². The molecule has 1 aromatic carbocycles. The largest absolute Gasteiger partial charge is 0.485 e. The highest BCUT2D eigenvalue weighted by Crippen LogP contribution is 2.23. The van der Waals surface area contributed by atoms with E-state index < -0.39 is 0 Å². The number of carbonyl (C=O) groups is 1. The van der Waals surface area contributed by atoms with Crippen molar-refractivity contribution in [1.82, 2.24) is 10.2 Å². The predicted molar refractivity (Wildman–Crippen MR) is 132 cm³/mol. The molecule has 1 atom stereocenters. The molecular weight excluding hydrogens is 424 g/mol. The lowest BCUT2D eigenvalue weighted by Crippen LogP contribution is -2.42. The molecule has 0 aliphatic rings. The van der Waals surface area contributed by atoms with Gasteiger partial charge in [0.05, 0.1) is 0 Å². The molecule has 1 aromatic heterocycles. The second-order valence-corrected chi connectivity index (χ2v) is 8.99. The Kier molecular flexibility index (Phi) is 11.7. The van der Waals surface area contributed by atoms with Crippen LogP contribution in [0.4, 0.5) is 0 Å². The summed E-state index contributed by atoms with van der Waals surface area (Å²) in [5, 5.41) is 3.76. The number of halogens is 1. The lowest BCUT2D eigenvalue weighted by molar-refractivity contribution is 0.0896.